The van der Waals surface area contributed by atoms with Gasteiger partial charge in [0.1, 0.15) is 5.52 Å². The van der Waals surface area contributed by atoms with E-state index in [4.69, 9.17) is 5.73 Å². The van der Waals surface area contributed by atoms with E-state index in [2.05, 4.69) is 44.9 Å². The highest BCUT2D eigenvalue weighted by Crippen LogP contribution is 2.19. The summed E-state index contributed by atoms with van der Waals surface area (Å²) in [7, 11) is 0. The van der Waals surface area contributed by atoms with Gasteiger partial charge in [0.15, 0.2) is 11.5 Å². The quantitative estimate of drug-likeness (QED) is 0.735. The number of nitrogens with two attached hydrogens (primary N) is 1. The maximum Gasteiger partial charge on any atom is 0.224 e. The van der Waals surface area contributed by atoms with Gasteiger partial charge < -0.3 is 10.7 Å². The third-order valence-corrected chi connectivity index (χ3v) is 3.04. The zero-order chi connectivity index (χ0) is 13.4. The Hall–Kier alpha value is -2.44. The normalized spacial score (nSPS) is 11.3. The van der Waals surface area contributed by atoms with Crippen molar-refractivity contribution in [3.8, 4) is 5.82 Å². The van der Waals surface area contributed by atoms with Crippen molar-refractivity contribution in [3.05, 3.63) is 23.8 Å². The lowest BCUT2D eigenvalue weighted by Gasteiger charge is -2.06. The van der Waals surface area contributed by atoms with Crippen molar-refractivity contribution in [2.45, 2.75) is 26.7 Å². The van der Waals surface area contributed by atoms with Crippen molar-refractivity contribution in [2.75, 3.05) is 5.73 Å². The minimum Gasteiger partial charge on any atom is -0.368 e. The second kappa shape index (κ2) is 4.34. The Morgan fingerprint density at radius 2 is 2.11 bits per heavy atom. The van der Waals surface area contributed by atoms with Gasteiger partial charge in [0.25, 0.3) is 0 Å². The van der Waals surface area contributed by atoms with E-state index in [9.17, 15) is 0 Å². The fourth-order valence-corrected chi connectivity index (χ4v) is 2.07. The molecule has 0 aliphatic heterocycles. The van der Waals surface area contributed by atoms with Crippen LogP contribution in [0.5, 0.6) is 0 Å². The molecule has 98 valence electrons. The molecule has 0 unspecified atom stereocenters. The number of imidazole rings is 1. The summed E-state index contributed by atoms with van der Waals surface area (Å²) >= 11 is 0. The molecule has 0 bridgehead atoms. The lowest BCUT2D eigenvalue weighted by molar-refractivity contribution is 0.776. The van der Waals surface area contributed by atoms with E-state index in [1.54, 1.807) is 6.33 Å². The van der Waals surface area contributed by atoms with Crippen LogP contribution >= 0.6 is 0 Å². The fourth-order valence-electron chi connectivity index (χ4n) is 2.07. The van der Waals surface area contributed by atoms with Crippen molar-refractivity contribution in [1.29, 1.82) is 0 Å². The van der Waals surface area contributed by atoms with E-state index < -0.39 is 0 Å². The van der Waals surface area contributed by atoms with Gasteiger partial charge in [-0.05, 0) is 18.9 Å². The molecule has 0 amide bonds. The van der Waals surface area contributed by atoms with E-state index >= 15 is 0 Å². The van der Waals surface area contributed by atoms with E-state index in [-0.39, 0.29) is 5.95 Å². The molecule has 0 saturated heterocycles. The minimum atomic E-state index is 0.199. The molecule has 0 spiro atoms. The van der Waals surface area contributed by atoms with Gasteiger partial charge in [0.05, 0.1) is 12.0 Å². The highest BCUT2D eigenvalue weighted by Gasteiger charge is 2.14. The Kier molecular flexibility index (Phi) is 2.66. The Balaban J connectivity index is 2.28. The molecule has 3 aromatic rings. The first-order chi connectivity index (χ1) is 9.22. The summed E-state index contributed by atoms with van der Waals surface area (Å²) in [5.41, 5.74) is 9.15. The van der Waals surface area contributed by atoms with E-state index in [1.165, 1.54) is 0 Å². The number of hydrogen-bond acceptors (Lipinski definition) is 5. The first kappa shape index (κ1) is 11.6. The summed E-state index contributed by atoms with van der Waals surface area (Å²) in [5, 5.41) is 4.56. The molecule has 0 aliphatic rings. The number of aryl methyl sites for hydroxylation is 2. The highest BCUT2D eigenvalue weighted by atomic mass is 15.3. The molecule has 0 saturated carbocycles. The first-order valence-corrected chi connectivity index (χ1v) is 6.27. The topological polar surface area (TPSA) is 98.3 Å². The molecule has 7 nitrogen and oxygen atoms in total. The van der Waals surface area contributed by atoms with Gasteiger partial charge in [-0.1, -0.05) is 13.8 Å². The Labute approximate surface area is 109 Å². The molecule has 19 heavy (non-hydrogen) atoms. The van der Waals surface area contributed by atoms with Crippen LogP contribution in [0.2, 0.25) is 0 Å². The smallest absolute Gasteiger partial charge is 0.224 e. The van der Waals surface area contributed by atoms with Gasteiger partial charge in [-0.25, -0.2) is 9.67 Å². The van der Waals surface area contributed by atoms with Crippen molar-refractivity contribution < 1.29 is 0 Å². The molecule has 0 fully saturated rings. The highest BCUT2D eigenvalue weighted by molar-refractivity contribution is 5.79. The number of nitrogen functional groups attached to an aromatic ring is 1. The van der Waals surface area contributed by atoms with Gasteiger partial charge in [-0.3, -0.25) is 0 Å². The monoisotopic (exact) mass is 257 g/mol. The molecule has 0 atom stereocenters. The van der Waals surface area contributed by atoms with E-state index in [0.717, 1.165) is 29.7 Å². The number of H-pyrrole nitrogens is 1. The van der Waals surface area contributed by atoms with Crippen LogP contribution in [0.4, 0.5) is 5.95 Å². The van der Waals surface area contributed by atoms with E-state index in [0.29, 0.717) is 11.5 Å². The Bertz CT molecular complexity index is 725. The zero-order valence-electron chi connectivity index (χ0n) is 10.9. The standard InChI is InChI=1S/C12H15N7/c1-3-7-5-8(4-2)19(18-7)11-9-10(15-6-14-9)16-12(13)17-11/h5-6H,3-4H2,1-2H3,(H3,13,14,15,16,17). The zero-order valence-corrected chi connectivity index (χ0v) is 10.9. The molecular weight excluding hydrogens is 242 g/mol. The van der Waals surface area contributed by atoms with Gasteiger partial charge in [0.2, 0.25) is 5.95 Å². The lowest BCUT2D eigenvalue weighted by Crippen LogP contribution is -2.08. The summed E-state index contributed by atoms with van der Waals surface area (Å²) in [6, 6.07) is 2.08. The average Bonchev–Trinajstić information content (AvgIpc) is 3.03. The molecule has 0 radical (unpaired) electrons. The van der Waals surface area contributed by atoms with Crippen molar-refractivity contribution >= 4 is 17.1 Å². The molecule has 3 aromatic heterocycles. The number of nitrogens with one attached hydrogen (secondary N) is 1. The number of hydrogen-bond donors (Lipinski definition) is 2. The third-order valence-electron chi connectivity index (χ3n) is 3.04. The fraction of sp³-hybridized carbons (Fsp3) is 0.333. The van der Waals surface area contributed by atoms with Crippen molar-refractivity contribution in [1.82, 2.24) is 29.7 Å². The molecule has 3 rings (SSSR count). The molecule has 7 heteroatoms. The van der Waals surface area contributed by atoms with Crippen LogP contribution in [-0.2, 0) is 12.8 Å². The number of aromatic nitrogens is 6. The summed E-state index contributed by atoms with van der Waals surface area (Å²) in [5.74, 6) is 0.849. The van der Waals surface area contributed by atoms with Crippen LogP contribution in [0, 0.1) is 0 Å². The predicted molar refractivity (Wildman–Crippen MR) is 72.0 cm³/mol. The number of nitrogens with zero attached hydrogens (tertiary/aromatic N) is 5. The van der Waals surface area contributed by atoms with Crippen LogP contribution < -0.4 is 5.73 Å². The Morgan fingerprint density at radius 3 is 2.84 bits per heavy atom. The predicted octanol–water partition coefficient (Wildman–Crippen LogP) is 1.25. The van der Waals surface area contributed by atoms with Crippen LogP contribution in [-0.4, -0.2) is 29.7 Å². The SMILES string of the molecule is CCc1cc(CC)n(-c2nc(N)nc3nc[nH]c23)n1. The van der Waals surface area contributed by atoms with Gasteiger partial charge >= 0.3 is 0 Å². The first-order valence-electron chi connectivity index (χ1n) is 6.27. The number of rotatable bonds is 3. The summed E-state index contributed by atoms with van der Waals surface area (Å²) in [6.07, 6.45) is 3.33. The molecule has 0 aromatic carbocycles. The molecule has 3 heterocycles. The summed E-state index contributed by atoms with van der Waals surface area (Å²) in [4.78, 5) is 15.5. The second-order valence-corrected chi connectivity index (χ2v) is 4.25. The number of anilines is 1. The summed E-state index contributed by atoms with van der Waals surface area (Å²) < 4.78 is 1.82. The van der Waals surface area contributed by atoms with Crippen molar-refractivity contribution in [3.63, 3.8) is 0 Å². The summed E-state index contributed by atoms with van der Waals surface area (Å²) in [6.45, 7) is 4.16. The van der Waals surface area contributed by atoms with Crippen molar-refractivity contribution in [2.24, 2.45) is 0 Å². The van der Waals surface area contributed by atoms with Crippen LogP contribution in [0.3, 0.4) is 0 Å². The van der Waals surface area contributed by atoms with Crippen LogP contribution in [0.25, 0.3) is 17.0 Å². The third kappa shape index (κ3) is 1.83. The average molecular weight is 257 g/mol. The maximum absolute atomic E-state index is 5.73. The van der Waals surface area contributed by atoms with Crippen LogP contribution in [0.15, 0.2) is 12.4 Å². The molecule has 0 aliphatic carbocycles. The largest absolute Gasteiger partial charge is 0.368 e. The molecular formula is C12H15N7. The van der Waals surface area contributed by atoms with Gasteiger partial charge in [-0.15, -0.1) is 0 Å². The number of fused-ring (bicyclic) bond motifs is 1. The van der Waals surface area contributed by atoms with Gasteiger partial charge in [-0.2, -0.15) is 15.1 Å². The van der Waals surface area contributed by atoms with Crippen LogP contribution in [0.1, 0.15) is 25.2 Å². The number of aromatic amines is 1. The van der Waals surface area contributed by atoms with E-state index in [1.807, 2.05) is 4.68 Å². The maximum atomic E-state index is 5.73. The Morgan fingerprint density at radius 1 is 1.26 bits per heavy atom. The van der Waals surface area contributed by atoms with Gasteiger partial charge in [0, 0.05) is 5.69 Å². The second-order valence-electron chi connectivity index (χ2n) is 4.25. The lowest BCUT2D eigenvalue weighted by atomic mass is 10.2. The molecule has 3 N–H and O–H groups in total. The minimum absolute atomic E-state index is 0.199.